The van der Waals surface area contributed by atoms with Gasteiger partial charge in [-0.15, -0.1) is 0 Å². The first-order valence-electron chi connectivity index (χ1n) is 11.1. The molecule has 6 nitrogen and oxygen atoms in total. The van der Waals surface area contributed by atoms with Gasteiger partial charge < -0.3 is 15.0 Å². The molecule has 184 valence electrons. The van der Waals surface area contributed by atoms with Gasteiger partial charge in [-0.25, -0.2) is 0 Å². The van der Waals surface area contributed by atoms with Crippen LogP contribution in [0.5, 0.6) is 5.75 Å². The SMILES string of the molecule is Cc1cc(NC(=O)COc2cccc(/C=C3\SC(=S)N(c4ccc(N(C)C)cc4)C3=O)c2)ccc1Br. The molecule has 0 atom stereocenters. The number of ether oxygens (including phenoxy) is 1. The van der Waals surface area contributed by atoms with Crippen LogP contribution in [-0.2, 0) is 9.59 Å². The Labute approximate surface area is 228 Å². The van der Waals surface area contributed by atoms with Gasteiger partial charge in [-0.3, -0.25) is 14.5 Å². The normalized spacial score (nSPS) is 14.3. The lowest BCUT2D eigenvalue weighted by molar-refractivity contribution is -0.118. The van der Waals surface area contributed by atoms with Gasteiger partial charge in [0.15, 0.2) is 10.9 Å². The fourth-order valence-corrected chi connectivity index (χ4v) is 5.05. The first-order chi connectivity index (χ1) is 17.2. The van der Waals surface area contributed by atoms with E-state index in [1.165, 1.54) is 11.8 Å². The van der Waals surface area contributed by atoms with Crippen LogP contribution in [0.25, 0.3) is 6.08 Å². The lowest BCUT2D eigenvalue weighted by atomic mass is 10.2. The summed E-state index contributed by atoms with van der Waals surface area (Å²) in [6.45, 7) is 1.82. The molecule has 1 N–H and O–H groups in total. The predicted molar refractivity (Wildman–Crippen MR) is 156 cm³/mol. The summed E-state index contributed by atoms with van der Waals surface area (Å²) in [7, 11) is 3.93. The van der Waals surface area contributed by atoms with E-state index in [1.54, 1.807) is 23.1 Å². The van der Waals surface area contributed by atoms with Crippen molar-refractivity contribution >= 4 is 79.2 Å². The van der Waals surface area contributed by atoms with Crippen molar-refractivity contribution in [1.29, 1.82) is 0 Å². The zero-order valence-corrected chi connectivity index (χ0v) is 23.2. The molecule has 0 aliphatic carbocycles. The van der Waals surface area contributed by atoms with Gasteiger partial charge >= 0.3 is 0 Å². The Morgan fingerprint density at radius 1 is 1.14 bits per heavy atom. The average Bonchev–Trinajstić information content (AvgIpc) is 3.13. The maximum Gasteiger partial charge on any atom is 0.270 e. The fourth-order valence-electron chi connectivity index (χ4n) is 3.50. The van der Waals surface area contributed by atoms with Crippen LogP contribution < -0.4 is 19.9 Å². The molecular formula is C27H24BrN3O3S2. The van der Waals surface area contributed by atoms with Gasteiger partial charge in [0, 0.05) is 29.9 Å². The molecule has 1 fully saturated rings. The summed E-state index contributed by atoms with van der Waals surface area (Å²) in [6.07, 6.45) is 1.78. The quantitative estimate of drug-likeness (QED) is 0.263. The minimum Gasteiger partial charge on any atom is -0.484 e. The van der Waals surface area contributed by atoms with Crippen LogP contribution in [0, 0.1) is 6.92 Å². The number of hydrogen-bond acceptors (Lipinski definition) is 6. The van der Waals surface area contributed by atoms with Crippen LogP contribution in [0.2, 0.25) is 0 Å². The summed E-state index contributed by atoms with van der Waals surface area (Å²) in [5.74, 6) is 0.0991. The van der Waals surface area contributed by atoms with Gasteiger partial charge in [-0.1, -0.05) is 52.0 Å². The maximum absolute atomic E-state index is 13.1. The van der Waals surface area contributed by atoms with Crippen LogP contribution >= 0.6 is 39.9 Å². The Kier molecular flexibility index (Phi) is 8.13. The van der Waals surface area contributed by atoms with Crippen molar-refractivity contribution in [3.8, 4) is 5.75 Å². The average molecular weight is 583 g/mol. The van der Waals surface area contributed by atoms with E-state index in [1.807, 2.05) is 80.5 Å². The van der Waals surface area contributed by atoms with Crippen molar-refractivity contribution < 1.29 is 14.3 Å². The molecule has 2 amide bonds. The topological polar surface area (TPSA) is 61.9 Å². The minimum absolute atomic E-state index is 0.135. The molecule has 0 spiro atoms. The largest absolute Gasteiger partial charge is 0.484 e. The molecule has 4 rings (SSSR count). The predicted octanol–water partition coefficient (Wildman–Crippen LogP) is 6.25. The van der Waals surface area contributed by atoms with E-state index >= 15 is 0 Å². The second kappa shape index (κ2) is 11.3. The number of hydrogen-bond donors (Lipinski definition) is 1. The summed E-state index contributed by atoms with van der Waals surface area (Å²) in [5.41, 5.74) is 4.28. The van der Waals surface area contributed by atoms with Crippen molar-refractivity contribution in [1.82, 2.24) is 0 Å². The summed E-state index contributed by atoms with van der Waals surface area (Å²) >= 11 is 10.2. The Balaban J connectivity index is 1.41. The molecule has 3 aromatic carbocycles. The number of amides is 2. The molecule has 0 radical (unpaired) electrons. The highest BCUT2D eigenvalue weighted by atomic mass is 79.9. The third kappa shape index (κ3) is 6.16. The molecule has 1 heterocycles. The van der Waals surface area contributed by atoms with Crippen LogP contribution in [0.15, 0.2) is 76.1 Å². The highest BCUT2D eigenvalue weighted by Gasteiger charge is 2.33. The lowest BCUT2D eigenvalue weighted by Gasteiger charge is -2.17. The standard InChI is InChI=1S/C27H24BrN3O3S2/c1-17-13-19(7-12-23(17)28)29-25(32)16-34-22-6-4-5-18(14-22)15-24-26(33)31(27(35)36-24)21-10-8-20(9-11-21)30(2)3/h4-15H,16H2,1-3H3,(H,29,32)/b24-15-. The van der Waals surface area contributed by atoms with Gasteiger partial charge in [0.25, 0.3) is 11.8 Å². The highest BCUT2D eigenvalue weighted by Crippen LogP contribution is 2.36. The maximum atomic E-state index is 13.1. The first kappa shape index (κ1) is 25.9. The molecule has 0 bridgehead atoms. The molecule has 1 aliphatic heterocycles. The van der Waals surface area contributed by atoms with Gasteiger partial charge in [-0.2, -0.15) is 0 Å². The van der Waals surface area contributed by atoms with E-state index in [2.05, 4.69) is 21.2 Å². The van der Waals surface area contributed by atoms with Crippen LogP contribution in [0.4, 0.5) is 17.1 Å². The Bertz CT molecular complexity index is 1360. The molecule has 9 heteroatoms. The zero-order valence-electron chi connectivity index (χ0n) is 19.9. The van der Waals surface area contributed by atoms with Crippen molar-refractivity contribution in [3.63, 3.8) is 0 Å². The molecule has 0 aromatic heterocycles. The number of thioether (sulfide) groups is 1. The number of nitrogens with one attached hydrogen (secondary N) is 1. The van der Waals surface area contributed by atoms with E-state index in [0.29, 0.717) is 20.7 Å². The summed E-state index contributed by atoms with van der Waals surface area (Å²) < 4.78 is 7.15. The van der Waals surface area contributed by atoms with Gasteiger partial charge in [0.1, 0.15) is 5.75 Å². The summed E-state index contributed by atoms with van der Waals surface area (Å²) in [6, 6.07) is 20.5. The molecular weight excluding hydrogens is 558 g/mol. The van der Waals surface area contributed by atoms with Crippen molar-refractivity contribution in [3.05, 3.63) is 87.2 Å². The van der Waals surface area contributed by atoms with E-state index in [9.17, 15) is 9.59 Å². The number of rotatable bonds is 7. The number of halogens is 1. The number of nitrogens with zero attached hydrogens (tertiary/aromatic N) is 2. The van der Waals surface area contributed by atoms with Crippen LogP contribution in [0.1, 0.15) is 11.1 Å². The second-order valence-corrected chi connectivity index (χ2v) is 10.8. The number of anilines is 3. The van der Waals surface area contributed by atoms with Crippen molar-refractivity contribution in [2.75, 3.05) is 35.8 Å². The van der Waals surface area contributed by atoms with Crippen LogP contribution in [-0.4, -0.2) is 36.8 Å². The van der Waals surface area contributed by atoms with Crippen LogP contribution in [0.3, 0.4) is 0 Å². The van der Waals surface area contributed by atoms with Gasteiger partial charge in [0.05, 0.1) is 10.6 Å². The van der Waals surface area contributed by atoms with E-state index in [0.717, 1.165) is 27.0 Å². The number of carbonyl (C=O) groups excluding carboxylic acids is 2. The second-order valence-electron chi connectivity index (χ2n) is 8.30. The number of carbonyl (C=O) groups is 2. The Hall–Kier alpha value is -3.14. The summed E-state index contributed by atoms with van der Waals surface area (Å²) in [5, 5.41) is 2.83. The molecule has 0 unspecified atom stereocenters. The number of aryl methyl sites for hydroxylation is 1. The van der Waals surface area contributed by atoms with E-state index in [-0.39, 0.29) is 18.4 Å². The van der Waals surface area contributed by atoms with Gasteiger partial charge in [0.2, 0.25) is 0 Å². The monoisotopic (exact) mass is 581 g/mol. The smallest absolute Gasteiger partial charge is 0.270 e. The van der Waals surface area contributed by atoms with Crippen molar-refractivity contribution in [2.24, 2.45) is 0 Å². The number of benzene rings is 3. The molecule has 1 aliphatic rings. The molecule has 3 aromatic rings. The third-order valence-corrected chi connectivity index (χ3v) is 7.58. The fraction of sp³-hybridized carbons (Fsp3) is 0.148. The highest BCUT2D eigenvalue weighted by molar-refractivity contribution is 9.10. The van der Waals surface area contributed by atoms with E-state index < -0.39 is 0 Å². The van der Waals surface area contributed by atoms with Crippen molar-refractivity contribution in [2.45, 2.75) is 6.92 Å². The molecule has 1 saturated heterocycles. The Morgan fingerprint density at radius 2 is 1.89 bits per heavy atom. The lowest BCUT2D eigenvalue weighted by Crippen LogP contribution is -2.27. The van der Waals surface area contributed by atoms with Gasteiger partial charge in [-0.05, 0) is 78.7 Å². The third-order valence-electron chi connectivity index (χ3n) is 5.39. The Morgan fingerprint density at radius 3 is 2.58 bits per heavy atom. The number of thiocarbonyl (C=S) groups is 1. The first-order valence-corrected chi connectivity index (χ1v) is 13.1. The summed E-state index contributed by atoms with van der Waals surface area (Å²) in [4.78, 5) is 29.5. The molecule has 0 saturated carbocycles. The van der Waals surface area contributed by atoms with E-state index in [4.69, 9.17) is 17.0 Å². The minimum atomic E-state index is -0.261. The zero-order chi connectivity index (χ0) is 25.8. The molecule has 36 heavy (non-hydrogen) atoms.